The van der Waals surface area contributed by atoms with Crippen LogP contribution in [-0.2, 0) is 0 Å². The molecule has 0 spiro atoms. The summed E-state index contributed by atoms with van der Waals surface area (Å²) in [6.45, 7) is 1.81. The molecule has 0 fully saturated rings. The molecule has 1 aromatic carbocycles. The quantitative estimate of drug-likeness (QED) is 0.519. The number of nitrogens with zero attached hydrogens (tertiary/aromatic N) is 3. The number of amides is 1. The molecule has 1 amide bonds. The molecule has 2 aromatic heterocycles. The van der Waals surface area contributed by atoms with Gasteiger partial charge in [0.15, 0.2) is 0 Å². The van der Waals surface area contributed by atoms with Gasteiger partial charge in [0.1, 0.15) is 11.6 Å². The molecule has 0 bridgehead atoms. The molecule has 3 rings (SSSR count). The number of rotatable bonds is 5. The topological polar surface area (TPSA) is 89.5 Å². The summed E-state index contributed by atoms with van der Waals surface area (Å²) in [6, 6.07) is 13.9. The van der Waals surface area contributed by atoms with Crippen molar-refractivity contribution < 1.29 is 14.1 Å². The van der Waals surface area contributed by atoms with E-state index in [0.717, 1.165) is 0 Å². The lowest BCUT2D eigenvalue weighted by Crippen LogP contribution is -2.34. The molecule has 0 unspecified atom stereocenters. The van der Waals surface area contributed by atoms with E-state index in [4.69, 9.17) is 4.42 Å². The molecule has 0 saturated heterocycles. The van der Waals surface area contributed by atoms with Crippen molar-refractivity contribution in [3.63, 3.8) is 0 Å². The molecule has 0 radical (unpaired) electrons. The van der Waals surface area contributed by atoms with Gasteiger partial charge in [-0.05, 0) is 37.3 Å². The Balaban J connectivity index is 2.04. The minimum Gasteiger partial charge on any atom is -0.467 e. The number of anilines is 1. The van der Waals surface area contributed by atoms with Gasteiger partial charge in [0.2, 0.25) is 0 Å². The number of non-ortho nitro benzene ring substituents is 1. The van der Waals surface area contributed by atoms with Crippen LogP contribution in [0, 0.1) is 10.1 Å². The smallest absolute Gasteiger partial charge is 0.270 e. The molecule has 0 aliphatic carbocycles. The number of carbonyl (C=O) groups is 1. The molecule has 7 nitrogen and oxygen atoms in total. The maximum absolute atomic E-state index is 13.1. The first-order chi connectivity index (χ1) is 12.1. The highest BCUT2D eigenvalue weighted by Gasteiger charge is 2.27. The Bertz CT molecular complexity index is 878. The molecule has 126 valence electrons. The maximum atomic E-state index is 13.1. The van der Waals surface area contributed by atoms with Crippen molar-refractivity contribution in [2.24, 2.45) is 0 Å². The standard InChI is InChI=1S/C18H15N3O4/c1-13(16-8-5-11-25-16)20(17-9-2-3-10-19-17)18(22)14-6-4-7-15(12-14)21(23)24/h2-13H,1H3/t13-/m0/s1. The second-order valence-electron chi connectivity index (χ2n) is 5.36. The van der Waals surface area contributed by atoms with E-state index in [1.807, 2.05) is 6.92 Å². The lowest BCUT2D eigenvalue weighted by molar-refractivity contribution is -0.384. The van der Waals surface area contributed by atoms with E-state index in [2.05, 4.69) is 4.98 Å². The van der Waals surface area contributed by atoms with Crippen LogP contribution >= 0.6 is 0 Å². The third kappa shape index (κ3) is 3.40. The first kappa shape index (κ1) is 16.4. The summed E-state index contributed by atoms with van der Waals surface area (Å²) in [5.41, 5.74) is 0.0655. The van der Waals surface area contributed by atoms with Gasteiger partial charge in [0.05, 0.1) is 17.2 Å². The summed E-state index contributed by atoms with van der Waals surface area (Å²) < 4.78 is 5.42. The molecule has 0 saturated carbocycles. The highest BCUT2D eigenvalue weighted by molar-refractivity contribution is 6.06. The zero-order chi connectivity index (χ0) is 17.8. The van der Waals surface area contributed by atoms with Crippen LogP contribution in [0.4, 0.5) is 11.5 Å². The van der Waals surface area contributed by atoms with Crippen LogP contribution in [-0.4, -0.2) is 15.8 Å². The van der Waals surface area contributed by atoms with Crippen molar-refractivity contribution >= 4 is 17.4 Å². The molecule has 0 aliphatic rings. The van der Waals surface area contributed by atoms with Crippen molar-refractivity contribution in [2.45, 2.75) is 13.0 Å². The predicted molar refractivity (Wildman–Crippen MR) is 91.3 cm³/mol. The lowest BCUT2D eigenvalue weighted by Gasteiger charge is -2.27. The van der Waals surface area contributed by atoms with Gasteiger partial charge < -0.3 is 4.42 Å². The zero-order valence-electron chi connectivity index (χ0n) is 13.4. The van der Waals surface area contributed by atoms with Gasteiger partial charge in [-0.1, -0.05) is 12.1 Å². The van der Waals surface area contributed by atoms with E-state index < -0.39 is 16.9 Å². The molecular weight excluding hydrogens is 322 g/mol. The monoisotopic (exact) mass is 337 g/mol. The van der Waals surface area contributed by atoms with Crippen LogP contribution in [0.1, 0.15) is 29.1 Å². The predicted octanol–water partition coefficient (Wildman–Crippen LogP) is 3.99. The average Bonchev–Trinajstić information content (AvgIpc) is 3.17. The van der Waals surface area contributed by atoms with Crippen molar-refractivity contribution in [1.29, 1.82) is 0 Å². The van der Waals surface area contributed by atoms with Crippen LogP contribution in [0.5, 0.6) is 0 Å². The Hall–Kier alpha value is -3.48. The summed E-state index contributed by atoms with van der Waals surface area (Å²) in [5, 5.41) is 11.0. The molecule has 25 heavy (non-hydrogen) atoms. The van der Waals surface area contributed by atoms with E-state index >= 15 is 0 Å². The van der Waals surface area contributed by atoms with Crippen molar-refractivity contribution in [1.82, 2.24) is 4.98 Å². The van der Waals surface area contributed by atoms with Crippen LogP contribution in [0.25, 0.3) is 0 Å². The van der Waals surface area contributed by atoms with Crippen molar-refractivity contribution in [3.8, 4) is 0 Å². The summed E-state index contributed by atoms with van der Waals surface area (Å²) in [4.78, 5) is 29.2. The van der Waals surface area contributed by atoms with E-state index in [-0.39, 0.29) is 11.3 Å². The van der Waals surface area contributed by atoms with Gasteiger partial charge in [-0.15, -0.1) is 0 Å². The number of nitro groups is 1. The van der Waals surface area contributed by atoms with E-state index in [9.17, 15) is 14.9 Å². The fourth-order valence-electron chi connectivity index (χ4n) is 2.52. The number of nitro benzene ring substituents is 1. The summed E-state index contributed by atoms with van der Waals surface area (Å²) >= 11 is 0. The average molecular weight is 337 g/mol. The van der Waals surface area contributed by atoms with E-state index in [1.54, 1.807) is 42.6 Å². The molecule has 0 aliphatic heterocycles. The number of hydrogen-bond donors (Lipinski definition) is 0. The van der Waals surface area contributed by atoms with Gasteiger partial charge in [0, 0.05) is 23.9 Å². The van der Waals surface area contributed by atoms with Crippen LogP contribution in [0.3, 0.4) is 0 Å². The van der Waals surface area contributed by atoms with Crippen molar-refractivity contribution in [2.75, 3.05) is 4.90 Å². The Labute approximate surface area is 143 Å². The third-order valence-corrected chi connectivity index (χ3v) is 3.76. The van der Waals surface area contributed by atoms with Crippen molar-refractivity contribution in [3.05, 3.63) is 88.5 Å². The number of benzene rings is 1. The van der Waals surface area contributed by atoms with Crippen LogP contribution in [0.15, 0.2) is 71.5 Å². The maximum Gasteiger partial charge on any atom is 0.270 e. The summed E-state index contributed by atoms with van der Waals surface area (Å²) in [7, 11) is 0. The Kier molecular flexibility index (Phi) is 4.56. The molecule has 1 atom stereocenters. The first-order valence-corrected chi connectivity index (χ1v) is 7.60. The highest BCUT2D eigenvalue weighted by atomic mass is 16.6. The number of hydrogen-bond acceptors (Lipinski definition) is 5. The summed E-state index contributed by atoms with van der Waals surface area (Å²) in [5.74, 6) is 0.624. The van der Waals surface area contributed by atoms with Gasteiger partial charge in [-0.3, -0.25) is 19.8 Å². The largest absolute Gasteiger partial charge is 0.467 e. The lowest BCUT2D eigenvalue weighted by atomic mass is 10.1. The Morgan fingerprint density at radius 1 is 1.20 bits per heavy atom. The van der Waals surface area contributed by atoms with Gasteiger partial charge in [-0.2, -0.15) is 0 Å². The number of aromatic nitrogens is 1. The second kappa shape index (κ2) is 6.96. The van der Waals surface area contributed by atoms with E-state index in [1.165, 1.54) is 29.4 Å². The van der Waals surface area contributed by atoms with E-state index in [0.29, 0.717) is 11.6 Å². The summed E-state index contributed by atoms with van der Waals surface area (Å²) in [6.07, 6.45) is 3.11. The second-order valence-corrected chi connectivity index (χ2v) is 5.36. The molecule has 7 heteroatoms. The first-order valence-electron chi connectivity index (χ1n) is 7.60. The Morgan fingerprint density at radius 2 is 2.04 bits per heavy atom. The molecular formula is C18H15N3O4. The number of carbonyl (C=O) groups excluding carboxylic acids is 1. The van der Waals surface area contributed by atoms with Crippen LogP contribution in [0.2, 0.25) is 0 Å². The molecule has 0 N–H and O–H groups in total. The number of pyridine rings is 1. The zero-order valence-corrected chi connectivity index (χ0v) is 13.4. The van der Waals surface area contributed by atoms with Crippen LogP contribution < -0.4 is 4.90 Å². The van der Waals surface area contributed by atoms with Gasteiger partial charge >= 0.3 is 0 Å². The van der Waals surface area contributed by atoms with Gasteiger partial charge in [-0.25, -0.2) is 4.98 Å². The SMILES string of the molecule is C[C@@H](c1ccco1)N(C(=O)c1cccc([N+](=O)[O-])c1)c1ccccn1. The fraction of sp³-hybridized carbons (Fsp3) is 0.111. The highest BCUT2D eigenvalue weighted by Crippen LogP contribution is 2.28. The minimum absolute atomic E-state index is 0.141. The fourth-order valence-corrected chi connectivity index (χ4v) is 2.52. The molecule has 2 heterocycles. The van der Waals surface area contributed by atoms with Gasteiger partial charge in [0.25, 0.3) is 11.6 Å². The minimum atomic E-state index is -0.530. The normalized spacial score (nSPS) is 11.7. The molecule has 3 aromatic rings. The Morgan fingerprint density at radius 3 is 2.68 bits per heavy atom. The number of furan rings is 1. The third-order valence-electron chi connectivity index (χ3n) is 3.76.